The number of quaternary nitrogens is 1. The van der Waals surface area contributed by atoms with E-state index in [1.807, 2.05) is 6.07 Å². The molecular formula is C21H23N3O4. The number of aromatic nitrogens is 2. The minimum atomic E-state index is -1.20. The van der Waals surface area contributed by atoms with Gasteiger partial charge >= 0.3 is 0 Å². The van der Waals surface area contributed by atoms with Crippen LogP contribution in [0.3, 0.4) is 0 Å². The van der Waals surface area contributed by atoms with E-state index >= 15 is 0 Å². The normalized spacial score (nSPS) is 41.9. The van der Waals surface area contributed by atoms with Gasteiger partial charge in [0, 0.05) is 36.3 Å². The second-order valence-corrected chi connectivity index (χ2v) is 9.60. The van der Waals surface area contributed by atoms with Crippen LogP contribution in [0.5, 0.6) is 11.5 Å². The van der Waals surface area contributed by atoms with Gasteiger partial charge < -0.3 is 24.8 Å². The number of H-pyrrole nitrogens is 1. The van der Waals surface area contributed by atoms with Crippen LogP contribution in [0, 0.1) is 11.1 Å². The fourth-order valence-electron chi connectivity index (χ4n) is 6.92. The molecule has 3 aliphatic carbocycles. The maximum Gasteiger partial charge on any atom is 0.166 e. The van der Waals surface area contributed by atoms with Crippen LogP contribution in [0.15, 0.2) is 18.3 Å². The molecule has 7 heteroatoms. The molecule has 1 spiro atoms. The first-order chi connectivity index (χ1) is 13.5. The van der Waals surface area contributed by atoms with Crippen LogP contribution in [0.1, 0.15) is 47.8 Å². The molecule has 3 N–H and O–H groups in total. The van der Waals surface area contributed by atoms with E-state index in [0.717, 1.165) is 35.2 Å². The number of piperidine rings is 1. The van der Waals surface area contributed by atoms with Crippen LogP contribution in [-0.4, -0.2) is 49.8 Å². The third-order valence-electron chi connectivity index (χ3n) is 8.28. The van der Waals surface area contributed by atoms with Crippen molar-refractivity contribution >= 4 is 0 Å². The maximum atomic E-state index is 14.1. The first-order valence-electron chi connectivity index (χ1n) is 10.3. The number of rotatable bonds is 2. The monoisotopic (exact) mass is 381 g/mol. The van der Waals surface area contributed by atoms with E-state index in [2.05, 4.69) is 10.2 Å². The summed E-state index contributed by atoms with van der Waals surface area (Å²) in [5.74, 6) is 1.08. The van der Waals surface area contributed by atoms with Crippen LogP contribution in [-0.2, 0) is 18.3 Å². The lowest BCUT2D eigenvalue weighted by Gasteiger charge is -2.67. The molecule has 0 amide bonds. The summed E-state index contributed by atoms with van der Waals surface area (Å²) in [6.45, 7) is 1.09. The number of nitrogens with zero attached hydrogens (tertiary/aromatic N) is 2. The fraction of sp³-hybridized carbons (Fsp3) is 0.571. The molecule has 1 saturated carbocycles. The summed E-state index contributed by atoms with van der Waals surface area (Å²) >= 11 is 0. The molecule has 1 unspecified atom stereocenters. The van der Waals surface area contributed by atoms with Gasteiger partial charge in [0.2, 0.25) is 0 Å². The van der Waals surface area contributed by atoms with Gasteiger partial charge in [-0.3, -0.25) is 5.10 Å². The molecule has 7 nitrogen and oxygen atoms in total. The Morgan fingerprint density at radius 2 is 2.18 bits per heavy atom. The maximum absolute atomic E-state index is 14.1. The van der Waals surface area contributed by atoms with Gasteiger partial charge in [-0.05, 0) is 24.5 Å². The van der Waals surface area contributed by atoms with Crippen molar-refractivity contribution in [2.75, 3.05) is 13.1 Å². The number of phenols is 1. The van der Waals surface area contributed by atoms with Gasteiger partial charge in [-0.25, -0.2) is 0 Å². The number of likely N-dealkylation sites (tertiary alicyclic amines) is 1. The van der Waals surface area contributed by atoms with Crippen LogP contribution >= 0.6 is 0 Å². The Bertz CT molecular complexity index is 1030. The number of aromatic amines is 1. The van der Waals surface area contributed by atoms with Gasteiger partial charge in [-0.2, -0.15) is 5.10 Å². The zero-order valence-electron chi connectivity index (χ0n) is 15.5. The number of phenolic OH excluding ortho intramolecular Hbond substituents is 1. The Labute approximate surface area is 162 Å². The predicted molar refractivity (Wildman–Crippen MR) is 98.6 cm³/mol. The SMILES string of the molecule is [O-][N+]1(CC2CC2)CC[C@]23c4c5ccc(O)c4O[C@H]2c2[nH]ncc2C[C@@]3(O)[C@@H]1C5. The van der Waals surface area contributed by atoms with Gasteiger partial charge in [-0.15, -0.1) is 0 Å². The second kappa shape index (κ2) is 4.56. The van der Waals surface area contributed by atoms with Crippen molar-refractivity contribution in [1.82, 2.24) is 10.2 Å². The molecule has 2 aliphatic heterocycles. The van der Waals surface area contributed by atoms with E-state index in [0.29, 0.717) is 44.0 Å². The quantitative estimate of drug-likeness (QED) is 0.544. The van der Waals surface area contributed by atoms with E-state index in [1.165, 1.54) is 0 Å². The van der Waals surface area contributed by atoms with Crippen molar-refractivity contribution in [3.63, 3.8) is 0 Å². The van der Waals surface area contributed by atoms with Crippen molar-refractivity contribution in [3.05, 3.63) is 45.9 Å². The third-order valence-corrected chi connectivity index (χ3v) is 8.28. The van der Waals surface area contributed by atoms with E-state index in [4.69, 9.17) is 4.74 Å². The summed E-state index contributed by atoms with van der Waals surface area (Å²) in [6.07, 6.45) is 5.06. The highest BCUT2D eigenvalue weighted by atomic mass is 16.6. The third kappa shape index (κ3) is 1.55. The molecular weight excluding hydrogens is 358 g/mol. The van der Waals surface area contributed by atoms with Crippen molar-refractivity contribution in [2.24, 2.45) is 5.92 Å². The minimum absolute atomic E-state index is 0.107. The first kappa shape index (κ1) is 15.8. The Kier molecular flexibility index (Phi) is 2.57. The number of aliphatic hydroxyl groups is 1. The predicted octanol–water partition coefficient (Wildman–Crippen LogP) is 1.83. The fourth-order valence-corrected chi connectivity index (χ4v) is 6.92. The van der Waals surface area contributed by atoms with Gasteiger partial charge in [0.15, 0.2) is 17.6 Å². The highest BCUT2D eigenvalue weighted by molar-refractivity contribution is 5.63. The van der Waals surface area contributed by atoms with Crippen molar-refractivity contribution in [1.29, 1.82) is 0 Å². The highest BCUT2D eigenvalue weighted by Gasteiger charge is 2.75. The number of hydroxylamine groups is 3. The van der Waals surface area contributed by atoms with Gasteiger partial charge in [0.1, 0.15) is 11.6 Å². The average Bonchev–Trinajstić information content (AvgIpc) is 3.21. The number of nitrogens with one attached hydrogen (secondary N) is 1. The van der Waals surface area contributed by atoms with Gasteiger partial charge in [0.05, 0.1) is 30.4 Å². The van der Waals surface area contributed by atoms with Crippen molar-refractivity contribution in [2.45, 2.75) is 55.3 Å². The van der Waals surface area contributed by atoms with Crippen LogP contribution < -0.4 is 4.74 Å². The van der Waals surface area contributed by atoms with Crippen molar-refractivity contribution < 1.29 is 19.6 Å². The number of aromatic hydroxyl groups is 1. The van der Waals surface area contributed by atoms with E-state index in [9.17, 15) is 15.4 Å². The summed E-state index contributed by atoms with van der Waals surface area (Å²) < 4.78 is 6.02. The number of benzene rings is 1. The van der Waals surface area contributed by atoms with E-state index in [-0.39, 0.29) is 10.4 Å². The Morgan fingerprint density at radius 3 is 3.00 bits per heavy atom. The summed E-state index contributed by atoms with van der Waals surface area (Å²) in [7, 11) is 0. The average molecular weight is 381 g/mol. The lowest BCUT2D eigenvalue weighted by atomic mass is 9.49. The Morgan fingerprint density at radius 1 is 1.32 bits per heavy atom. The van der Waals surface area contributed by atoms with Gasteiger partial charge in [0.25, 0.3) is 0 Å². The lowest BCUT2D eigenvalue weighted by Crippen LogP contribution is -2.78. The molecule has 1 saturated heterocycles. The molecule has 2 fully saturated rings. The highest BCUT2D eigenvalue weighted by Crippen LogP contribution is 2.69. The largest absolute Gasteiger partial charge is 0.632 e. The van der Waals surface area contributed by atoms with E-state index in [1.54, 1.807) is 12.3 Å². The second-order valence-electron chi connectivity index (χ2n) is 9.60. The zero-order chi connectivity index (χ0) is 18.9. The molecule has 28 heavy (non-hydrogen) atoms. The number of fused-ring (bicyclic) bond motifs is 2. The Balaban J connectivity index is 1.52. The molecule has 2 aromatic rings. The number of hydrogen-bond donors (Lipinski definition) is 3. The number of ether oxygens (including phenoxy) is 1. The molecule has 1 aromatic carbocycles. The molecule has 146 valence electrons. The molecule has 7 rings (SSSR count). The minimum Gasteiger partial charge on any atom is -0.632 e. The molecule has 5 atom stereocenters. The topological polar surface area (TPSA) is 101 Å². The lowest BCUT2D eigenvalue weighted by molar-refractivity contribution is -0.924. The molecule has 5 aliphatic rings. The molecule has 0 radical (unpaired) electrons. The summed E-state index contributed by atoms with van der Waals surface area (Å²) in [6, 6.07) is 3.17. The molecule has 2 bridgehead atoms. The zero-order valence-corrected chi connectivity index (χ0v) is 15.5. The Hall–Kier alpha value is -2.09. The molecule has 1 aromatic heterocycles. The van der Waals surface area contributed by atoms with Crippen molar-refractivity contribution in [3.8, 4) is 11.5 Å². The van der Waals surface area contributed by atoms with Crippen LogP contribution in [0.4, 0.5) is 0 Å². The standard InChI is InChI=1S/C21H23N3O4/c25-14-4-3-12-7-15-21(26)8-13-9-22-23-17(13)19-20(21,16(12)18(14)28-19)5-6-24(15,27)10-11-1-2-11/h3-4,9,11,15,19,25-26H,1-2,5-8,10H2,(H,22,23)/t15-,19-,20-,21+,24?/m0/s1. The summed E-state index contributed by atoms with van der Waals surface area (Å²) in [5, 5.41) is 44.2. The van der Waals surface area contributed by atoms with Crippen LogP contribution in [0.2, 0.25) is 0 Å². The summed E-state index contributed by atoms with van der Waals surface area (Å²) in [4.78, 5) is 0. The van der Waals surface area contributed by atoms with Crippen LogP contribution in [0.25, 0.3) is 0 Å². The number of hydrogen-bond acceptors (Lipinski definition) is 5. The van der Waals surface area contributed by atoms with E-state index < -0.39 is 23.2 Å². The van der Waals surface area contributed by atoms with Gasteiger partial charge in [-0.1, -0.05) is 6.07 Å². The molecule has 3 heterocycles. The summed E-state index contributed by atoms with van der Waals surface area (Å²) in [5.41, 5.74) is 1.86. The smallest absolute Gasteiger partial charge is 0.166 e. The first-order valence-corrected chi connectivity index (χ1v) is 10.3.